The van der Waals surface area contributed by atoms with Gasteiger partial charge in [0.15, 0.2) is 0 Å². The van der Waals surface area contributed by atoms with Crippen LogP contribution >= 0.6 is 0 Å². The van der Waals surface area contributed by atoms with Crippen LogP contribution in [0.4, 0.5) is 0 Å². The van der Waals surface area contributed by atoms with E-state index in [1.807, 2.05) is 13.1 Å². The average molecular weight is 384 g/mol. The largest absolute Gasteiger partial charge is 0.329 e. The lowest BCUT2D eigenvalue weighted by Gasteiger charge is -2.48. The van der Waals surface area contributed by atoms with E-state index in [1.54, 1.807) is 12.1 Å². The molecule has 1 aromatic rings. The van der Waals surface area contributed by atoms with Gasteiger partial charge in [0, 0.05) is 25.0 Å². The Labute approximate surface area is 163 Å². The number of piperidine rings is 1. The molecule has 8 nitrogen and oxygen atoms in total. The number of amides is 4. The molecule has 8 heteroatoms. The van der Waals surface area contributed by atoms with Gasteiger partial charge in [0.2, 0.25) is 11.8 Å². The van der Waals surface area contributed by atoms with E-state index in [0.29, 0.717) is 24.2 Å². The van der Waals surface area contributed by atoms with Crippen LogP contribution in [0.3, 0.4) is 0 Å². The van der Waals surface area contributed by atoms with E-state index in [0.717, 1.165) is 23.3 Å². The number of imide groups is 2. The number of hydrogen-bond acceptors (Lipinski definition) is 6. The number of hydrogen-bond donors (Lipinski definition) is 2. The van der Waals surface area contributed by atoms with Gasteiger partial charge in [-0.2, -0.15) is 0 Å². The summed E-state index contributed by atoms with van der Waals surface area (Å²) in [7, 11) is 2.03. The van der Waals surface area contributed by atoms with Crippen LogP contribution in [-0.4, -0.2) is 58.6 Å². The van der Waals surface area contributed by atoms with Gasteiger partial charge in [-0.1, -0.05) is 6.07 Å². The SMILES string of the molecule is CN(Cc1ccc2c(c1)C(=O)N(C1CCC(=O)NC1=O)C2=O)C1(CN)CCC1. The van der Waals surface area contributed by atoms with Crippen molar-refractivity contribution in [1.29, 1.82) is 0 Å². The topological polar surface area (TPSA) is 113 Å². The van der Waals surface area contributed by atoms with Crippen LogP contribution < -0.4 is 11.1 Å². The number of rotatable bonds is 5. The molecule has 2 heterocycles. The lowest BCUT2D eigenvalue weighted by Crippen LogP contribution is -2.56. The monoisotopic (exact) mass is 384 g/mol. The third-order valence-electron chi connectivity index (χ3n) is 6.40. The molecule has 1 aromatic carbocycles. The van der Waals surface area contributed by atoms with Crippen molar-refractivity contribution >= 4 is 23.6 Å². The summed E-state index contributed by atoms with van der Waals surface area (Å²) in [6.07, 6.45) is 3.56. The van der Waals surface area contributed by atoms with E-state index >= 15 is 0 Å². The Morgan fingerprint density at radius 2 is 1.89 bits per heavy atom. The third kappa shape index (κ3) is 2.84. The number of nitrogens with two attached hydrogens (primary N) is 1. The predicted molar refractivity (Wildman–Crippen MR) is 100 cm³/mol. The number of fused-ring (bicyclic) bond motifs is 1. The van der Waals surface area contributed by atoms with Crippen LogP contribution in [0.15, 0.2) is 18.2 Å². The van der Waals surface area contributed by atoms with Crippen molar-refractivity contribution in [2.45, 2.75) is 50.2 Å². The minimum atomic E-state index is -0.938. The second-order valence-electron chi connectivity index (χ2n) is 7.97. The molecule has 3 N–H and O–H groups in total. The molecular formula is C20H24N4O4. The highest BCUT2D eigenvalue weighted by molar-refractivity contribution is 6.23. The fourth-order valence-corrected chi connectivity index (χ4v) is 4.38. The fourth-order valence-electron chi connectivity index (χ4n) is 4.38. The third-order valence-corrected chi connectivity index (χ3v) is 6.40. The normalized spacial score (nSPS) is 23.7. The standard InChI is InChI=1S/C20H24N4O4/c1-23(20(11-21)7-2-8-20)10-12-3-4-13-14(9-12)19(28)24(18(13)27)15-5-6-16(25)22-17(15)26/h3-4,9,15H,2,5-8,10-11,21H2,1H3,(H,22,25,26). The summed E-state index contributed by atoms with van der Waals surface area (Å²) in [6, 6.07) is 4.30. The van der Waals surface area contributed by atoms with Crippen molar-refractivity contribution in [3.8, 4) is 0 Å². The smallest absolute Gasteiger partial charge is 0.262 e. The van der Waals surface area contributed by atoms with Crippen molar-refractivity contribution < 1.29 is 19.2 Å². The Kier molecular flexibility index (Phi) is 4.55. The quantitative estimate of drug-likeness (QED) is 0.711. The van der Waals surface area contributed by atoms with E-state index in [-0.39, 0.29) is 24.3 Å². The highest BCUT2D eigenvalue weighted by atomic mass is 16.2. The van der Waals surface area contributed by atoms with Gasteiger partial charge in [0.1, 0.15) is 6.04 Å². The zero-order chi connectivity index (χ0) is 20.1. The summed E-state index contributed by atoms with van der Waals surface area (Å²) in [5.74, 6) is -1.93. The van der Waals surface area contributed by atoms with Gasteiger partial charge < -0.3 is 5.73 Å². The molecule has 148 valence electrons. The molecule has 1 aliphatic carbocycles. The van der Waals surface area contributed by atoms with Crippen molar-refractivity contribution in [3.63, 3.8) is 0 Å². The Morgan fingerprint density at radius 1 is 1.18 bits per heavy atom. The molecule has 4 amide bonds. The molecule has 2 fully saturated rings. The summed E-state index contributed by atoms with van der Waals surface area (Å²) < 4.78 is 0. The maximum Gasteiger partial charge on any atom is 0.262 e. The number of carbonyl (C=O) groups is 4. The van der Waals surface area contributed by atoms with E-state index in [9.17, 15) is 19.2 Å². The fraction of sp³-hybridized carbons (Fsp3) is 0.500. The predicted octanol–water partition coefficient (Wildman–Crippen LogP) is 0.401. The zero-order valence-corrected chi connectivity index (χ0v) is 15.9. The van der Waals surface area contributed by atoms with E-state index in [2.05, 4.69) is 10.2 Å². The van der Waals surface area contributed by atoms with Crippen LogP contribution in [0.2, 0.25) is 0 Å². The molecule has 1 atom stereocenters. The molecule has 4 rings (SSSR count). The molecule has 1 saturated carbocycles. The van der Waals surface area contributed by atoms with Gasteiger partial charge in [-0.15, -0.1) is 0 Å². The Morgan fingerprint density at radius 3 is 2.50 bits per heavy atom. The molecule has 2 aliphatic heterocycles. The summed E-state index contributed by atoms with van der Waals surface area (Å²) in [4.78, 5) is 52.3. The van der Waals surface area contributed by atoms with Crippen molar-refractivity contribution in [1.82, 2.24) is 15.1 Å². The van der Waals surface area contributed by atoms with Crippen molar-refractivity contribution in [2.24, 2.45) is 5.73 Å². The number of benzene rings is 1. The first kappa shape index (κ1) is 18.8. The molecule has 1 unspecified atom stereocenters. The van der Waals surface area contributed by atoms with E-state index in [4.69, 9.17) is 5.73 Å². The average Bonchev–Trinajstić information content (AvgIpc) is 2.86. The second kappa shape index (κ2) is 6.79. The number of carbonyl (C=O) groups excluding carboxylic acids is 4. The maximum absolute atomic E-state index is 12.9. The summed E-state index contributed by atoms with van der Waals surface area (Å²) in [5.41, 5.74) is 7.52. The molecule has 3 aliphatic rings. The van der Waals surface area contributed by atoms with Gasteiger partial charge in [-0.05, 0) is 50.4 Å². The van der Waals surface area contributed by atoms with Gasteiger partial charge in [-0.25, -0.2) is 0 Å². The first-order valence-corrected chi connectivity index (χ1v) is 9.62. The van der Waals surface area contributed by atoms with Gasteiger partial charge >= 0.3 is 0 Å². The summed E-state index contributed by atoms with van der Waals surface area (Å²) in [6.45, 7) is 1.22. The number of nitrogens with one attached hydrogen (secondary N) is 1. The lowest BCUT2D eigenvalue weighted by molar-refractivity contribution is -0.136. The Bertz CT molecular complexity index is 871. The van der Waals surface area contributed by atoms with Crippen LogP contribution in [0, 0.1) is 0 Å². The Hall–Kier alpha value is -2.58. The Balaban J connectivity index is 1.56. The van der Waals surface area contributed by atoms with Gasteiger partial charge in [0.25, 0.3) is 11.8 Å². The summed E-state index contributed by atoms with van der Waals surface area (Å²) >= 11 is 0. The van der Waals surface area contributed by atoms with Crippen LogP contribution in [0.1, 0.15) is 58.4 Å². The number of likely N-dealkylation sites (N-methyl/N-ethyl adjacent to an activating group) is 1. The molecule has 0 bridgehead atoms. The molecule has 0 spiro atoms. The second-order valence-corrected chi connectivity index (χ2v) is 7.97. The molecule has 28 heavy (non-hydrogen) atoms. The number of nitrogens with zero attached hydrogens (tertiary/aromatic N) is 2. The first-order valence-electron chi connectivity index (χ1n) is 9.62. The lowest BCUT2D eigenvalue weighted by atomic mass is 9.75. The van der Waals surface area contributed by atoms with E-state index < -0.39 is 23.8 Å². The minimum absolute atomic E-state index is 0.0115. The highest BCUT2D eigenvalue weighted by Crippen LogP contribution is 2.37. The van der Waals surface area contributed by atoms with Crippen molar-refractivity contribution in [3.05, 3.63) is 34.9 Å². The van der Waals surface area contributed by atoms with Gasteiger partial charge in [0.05, 0.1) is 11.1 Å². The van der Waals surface area contributed by atoms with Crippen LogP contribution in [0.5, 0.6) is 0 Å². The van der Waals surface area contributed by atoms with Crippen LogP contribution in [-0.2, 0) is 16.1 Å². The molecular weight excluding hydrogens is 360 g/mol. The first-order chi connectivity index (χ1) is 13.4. The highest BCUT2D eigenvalue weighted by Gasteiger charge is 2.45. The van der Waals surface area contributed by atoms with E-state index in [1.165, 1.54) is 6.42 Å². The molecule has 1 saturated heterocycles. The summed E-state index contributed by atoms with van der Waals surface area (Å²) in [5, 5.41) is 2.21. The van der Waals surface area contributed by atoms with Gasteiger partial charge in [-0.3, -0.25) is 34.3 Å². The minimum Gasteiger partial charge on any atom is -0.329 e. The molecule has 0 radical (unpaired) electrons. The maximum atomic E-state index is 12.9. The zero-order valence-electron chi connectivity index (χ0n) is 15.9. The van der Waals surface area contributed by atoms with Crippen molar-refractivity contribution in [2.75, 3.05) is 13.6 Å². The molecule has 0 aromatic heterocycles. The van der Waals surface area contributed by atoms with Crippen LogP contribution in [0.25, 0.3) is 0 Å².